The van der Waals surface area contributed by atoms with Crippen LogP contribution >= 0.6 is 12.4 Å². The van der Waals surface area contributed by atoms with E-state index in [0.717, 1.165) is 46.8 Å². The van der Waals surface area contributed by atoms with E-state index in [0.29, 0.717) is 18.2 Å². The van der Waals surface area contributed by atoms with E-state index in [9.17, 15) is 0 Å². The van der Waals surface area contributed by atoms with Crippen molar-refractivity contribution < 1.29 is 14.2 Å². The minimum Gasteiger partial charge on any atom is -0.489 e. The summed E-state index contributed by atoms with van der Waals surface area (Å²) in [7, 11) is 0. The third kappa shape index (κ3) is 5.57. The summed E-state index contributed by atoms with van der Waals surface area (Å²) < 4.78 is 18.2. The fraction of sp³-hybridized carbons (Fsp3) is 0.148. The second-order valence-electron chi connectivity index (χ2n) is 7.79. The topological polar surface area (TPSA) is 66.6 Å². The van der Waals surface area contributed by atoms with E-state index in [2.05, 4.69) is 29.2 Å². The third-order valence-electron chi connectivity index (χ3n) is 5.44. The Morgan fingerprint density at radius 3 is 2.61 bits per heavy atom. The number of ether oxygens (including phenoxy) is 3. The average molecular weight is 461 g/mol. The van der Waals surface area contributed by atoms with Crippen LogP contribution in [0.5, 0.6) is 23.1 Å². The van der Waals surface area contributed by atoms with Gasteiger partial charge in [0.25, 0.3) is 0 Å². The Morgan fingerprint density at radius 1 is 0.909 bits per heavy atom. The molecule has 0 saturated carbocycles. The first-order valence-corrected chi connectivity index (χ1v) is 10.7. The fourth-order valence-corrected chi connectivity index (χ4v) is 3.78. The molecule has 1 aromatic heterocycles. The van der Waals surface area contributed by atoms with Gasteiger partial charge in [-0.3, -0.25) is 0 Å². The molecule has 1 aliphatic rings. The molecule has 0 amide bonds. The number of hydrogen-bond donors (Lipinski definition) is 1. The standard InChI is InChI=1S/C27H24N2O3.ClH/c28-22-10-14-27(29-17-22)31-24-11-13-26-21(16-24)9-12-25(32-26)20-7-4-8-23(15-20)30-18-19-5-2-1-3-6-19;/h1-8,10-11,13-17,25H,9,12,18,28H2;1H. The first-order chi connectivity index (χ1) is 15.7. The maximum atomic E-state index is 6.31. The zero-order valence-electron chi connectivity index (χ0n) is 18.0. The number of rotatable bonds is 6. The number of nitrogens with zero attached hydrogens (tertiary/aromatic N) is 1. The number of nitrogen functional groups attached to an aromatic ring is 1. The lowest BCUT2D eigenvalue weighted by molar-refractivity contribution is 0.175. The molecular weight excluding hydrogens is 436 g/mol. The Morgan fingerprint density at radius 2 is 1.79 bits per heavy atom. The first-order valence-electron chi connectivity index (χ1n) is 10.7. The molecule has 3 aromatic carbocycles. The number of pyridine rings is 1. The molecule has 5 rings (SSSR count). The molecule has 0 saturated heterocycles. The van der Waals surface area contributed by atoms with Crippen molar-refractivity contribution in [2.75, 3.05) is 5.73 Å². The van der Waals surface area contributed by atoms with Gasteiger partial charge < -0.3 is 19.9 Å². The highest BCUT2D eigenvalue weighted by molar-refractivity contribution is 5.85. The van der Waals surface area contributed by atoms with Crippen molar-refractivity contribution in [2.24, 2.45) is 0 Å². The summed E-state index contributed by atoms with van der Waals surface area (Å²) in [5.74, 6) is 2.98. The second kappa shape index (κ2) is 10.3. The normalized spacial score (nSPS) is 14.4. The molecule has 33 heavy (non-hydrogen) atoms. The van der Waals surface area contributed by atoms with Gasteiger partial charge in [0, 0.05) is 6.07 Å². The molecule has 0 spiro atoms. The molecule has 168 valence electrons. The molecule has 1 unspecified atom stereocenters. The molecule has 1 aliphatic heterocycles. The average Bonchev–Trinajstić information content (AvgIpc) is 2.85. The molecule has 4 aromatic rings. The number of hydrogen-bond acceptors (Lipinski definition) is 5. The Hall–Kier alpha value is -3.70. The van der Waals surface area contributed by atoms with Gasteiger partial charge in [-0.15, -0.1) is 12.4 Å². The van der Waals surface area contributed by atoms with Gasteiger partial charge in [-0.1, -0.05) is 42.5 Å². The largest absolute Gasteiger partial charge is 0.489 e. The molecule has 0 aliphatic carbocycles. The van der Waals surface area contributed by atoms with E-state index >= 15 is 0 Å². The minimum absolute atomic E-state index is 0. The van der Waals surface area contributed by atoms with Crippen molar-refractivity contribution in [3.05, 3.63) is 108 Å². The Bertz CT molecular complexity index is 1200. The van der Waals surface area contributed by atoms with E-state index in [1.807, 2.05) is 48.5 Å². The summed E-state index contributed by atoms with van der Waals surface area (Å²) in [5, 5.41) is 0. The van der Waals surface area contributed by atoms with Crippen LogP contribution in [-0.4, -0.2) is 4.98 Å². The maximum absolute atomic E-state index is 6.31. The van der Waals surface area contributed by atoms with Gasteiger partial charge in [0.05, 0.1) is 11.9 Å². The smallest absolute Gasteiger partial charge is 0.219 e. The summed E-state index contributed by atoms with van der Waals surface area (Å²) in [6.07, 6.45) is 3.37. The van der Waals surface area contributed by atoms with Crippen LogP contribution in [0.15, 0.2) is 91.1 Å². The van der Waals surface area contributed by atoms with E-state index in [-0.39, 0.29) is 18.5 Å². The minimum atomic E-state index is -0.00620. The number of aromatic nitrogens is 1. The number of benzene rings is 3. The number of anilines is 1. The van der Waals surface area contributed by atoms with Gasteiger partial charge in [-0.2, -0.15) is 0 Å². The number of fused-ring (bicyclic) bond motifs is 1. The van der Waals surface area contributed by atoms with Gasteiger partial charge in [-0.05, 0) is 65.9 Å². The molecule has 5 nitrogen and oxygen atoms in total. The monoisotopic (exact) mass is 460 g/mol. The third-order valence-corrected chi connectivity index (χ3v) is 5.44. The van der Waals surface area contributed by atoms with Crippen LogP contribution < -0.4 is 19.9 Å². The predicted molar refractivity (Wildman–Crippen MR) is 131 cm³/mol. The molecule has 0 radical (unpaired) electrons. The lowest BCUT2D eigenvalue weighted by Gasteiger charge is -2.27. The molecule has 0 bridgehead atoms. The highest BCUT2D eigenvalue weighted by atomic mass is 35.5. The van der Waals surface area contributed by atoms with Crippen LogP contribution in [0, 0.1) is 0 Å². The van der Waals surface area contributed by atoms with E-state index in [4.69, 9.17) is 19.9 Å². The molecule has 6 heteroatoms. The van der Waals surface area contributed by atoms with Gasteiger partial charge in [0.1, 0.15) is 30.0 Å². The Balaban J connectivity index is 0.00000259. The number of aryl methyl sites for hydroxylation is 1. The van der Waals surface area contributed by atoms with Gasteiger partial charge in [0.15, 0.2) is 0 Å². The van der Waals surface area contributed by atoms with Crippen LogP contribution in [0.3, 0.4) is 0 Å². The van der Waals surface area contributed by atoms with Crippen molar-refractivity contribution in [2.45, 2.75) is 25.6 Å². The second-order valence-corrected chi connectivity index (χ2v) is 7.79. The van der Waals surface area contributed by atoms with E-state index < -0.39 is 0 Å². The highest BCUT2D eigenvalue weighted by Crippen LogP contribution is 2.38. The van der Waals surface area contributed by atoms with Crippen molar-refractivity contribution in [3.8, 4) is 23.1 Å². The van der Waals surface area contributed by atoms with Crippen molar-refractivity contribution >= 4 is 18.1 Å². The zero-order chi connectivity index (χ0) is 21.8. The van der Waals surface area contributed by atoms with Gasteiger partial charge >= 0.3 is 0 Å². The number of nitrogens with two attached hydrogens (primary N) is 1. The lowest BCUT2D eigenvalue weighted by Crippen LogP contribution is -2.15. The van der Waals surface area contributed by atoms with Crippen LogP contribution in [0.2, 0.25) is 0 Å². The molecule has 0 fully saturated rings. The van der Waals surface area contributed by atoms with Crippen LogP contribution in [-0.2, 0) is 13.0 Å². The van der Waals surface area contributed by atoms with Crippen molar-refractivity contribution in [3.63, 3.8) is 0 Å². The van der Waals surface area contributed by atoms with Crippen molar-refractivity contribution in [1.82, 2.24) is 4.98 Å². The fourth-order valence-electron chi connectivity index (χ4n) is 3.78. The molecule has 2 N–H and O–H groups in total. The Labute approximate surface area is 199 Å². The zero-order valence-corrected chi connectivity index (χ0v) is 18.8. The SMILES string of the molecule is Cl.Nc1ccc(Oc2ccc3c(c2)CCC(c2cccc(OCc4ccccc4)c2)O3)nc1. The summed E-state index contributed by atoms with van der Waals surface area (Å²) in [6.45, 7) is 0.546. The summed E-state index contributed by atoms with van der Waals surface area (Å²) in [6, 6.07) is 27.7. The predicted octanol–water partition coefficient (Wildman–Crippen LogP) is 6.52. The van der Waals surface area contributed by atoms with Crippen LogP contribution in [0.1, 0.15) is 29.2 Å². The number of halogens is 1. The summed E-state index contributed by atoms with van der Waals surface area (Å²) in [5.41, 5.74) is 9.69. The lowest BCUT2D eigenvalue weighted by atomic mass is 9.97. The van der Waals surface area contributed by atoms with Crippen molar-refractivity contribution in [1.29, 1.82) is 0 Å². The quantitative estimate of drug-likeness (QED) is 0.354. The molecular formula is C27H25ClN2O3. The van der Waals surface area contributed by atoms with E-state index in [1.54, 1.807) is 18.3 Å². The summed E-state index contributed by atoms with van der Waals surface area (Å²) >= 11 is 0. The highest BCUT2D eigenvalue weighted by Gasteiger charge is 2.22. The first kappa shape index (κ1) is 22.5. The maximum Gasteiger partial charge on any atom is 0.219 e. The Kier molecular flexibility index (Phi) is 7.01. The summed E-state index contributed by atoms with van der Waals surface area (Å²) in [4.78, 5) is 4.19. The van der Waals surface area contributed by atoms with Crippen LogP contribution in [0.4, 0.5) is 5.69 Å². The molecule has 1 atom stereocenters. The molecule has 2 heterocycles. The van der Waals surface area contributed by atoms with Gasteiger partial charge in [-0.25, -0.2) is 4.98 Å². The van der Waals surface area contributed by atoms with Gasteiger partial charge in [0.2, 0.25) is 5.88 Å². The van der Waals surface area contributed by atoms with Crippen LogP contribution in [0.25, 0.3) is 0 Å². The van der Waals surface area contributed by atoms with E-state index in [1.165, 1.54) is 0 Å².